The fraction of sp³-hybridized carbons (Fsp3) is 0.222. The van der Waals surface area contributed by atoms with Gasteiger partial charge in [0.15, 0.2) is 0 Å². The van der Waals surface area contributed by atoms with Gasteiger partial charge in [0.05, 0.1) is 6.10 Å². The van der Waals surface area contributed by atoms with Gasteiger partial charge in [-0.15, -0.1) is 0 Å². The molecule has 0 aliphatic rings. The van der Waals surface area contributed by atoms with E-state index in [0.717, 1.165) is 19.0 Å². The Morgan fingerprint density at radius 2 is 1.69 bits per heavy atom. The van der Waals surface area contributed by atoms with Gasteiger partial charge in [-0.2, -0.15) is 0 Å². The largest absolute Gasteiger partial charge is 0.377 e. The van der Waals surface area contributed by atoms with Crippen LogP contribution in [0.4, 0.5) is 0 Å². The van der Waals surface area contributed by atoms with Crippen molar-refractivity contribution in [3.63, 3.8) is 0 Å². The molecule has 0 fully saturated rings. The normalized spacial score (nSPS) is 13.0. The average molecular weight is 372 g/mol. The van der Waals surface area contributed by atoms with E-state index in [-0.39, 0.29) is 6.10 Å². The van der Waals surface area contributed by atoms with E-state index in [4.69, 9.17) is 4.74 Å². The predicted molar refractivity (Wildman–Crippen MR) is 64.6 cm³/mol. The Hall–Kier alpha value is 0.620. The van der Waals surface area contributed by atoms with E-state index in [1.54, 1.807) is 7.11 Å². The van der Waals surface area contributed by atoms with Gasteiger partial charge < -0.3 is 4.74 Å². The quantitative estimate of drug-likeness (QED) is 0.744. The van der Waals surface area contributed by atoms with E-state index in [2.05, 4.69) is 54.7 Å². The maximum atomic E-state index is 5.15. The van der Waals surface area contributed by atoms with E-state index >= 15 is 0 Å². The fourth-order valence-electron chi connectivity index (χ4n) is 0.979. The van der Waals surface area contributed by atoms with Crippen LogP contribution in [0.15, 0.2) is 25.6 Å². The molecule has 0 heterocycles. The molecule has 1 unspecified atom stereocenters. The summed E-state index contributed by atoms with van der Waals surface area (Å²) >= 11 is 10.3. The summed E-state index contributed by atoms with van der Waals surface area (Å²) in [6.45, 7) is 3.88. The summed E-state index contributed by atoms with van der Waals surface area (Å²) in [5.41, 5.74) is 1.02. The first kappa shape index (κ1) is 11.7. The molecular formula is C9H8Br3O. The third-order valence-electron chi connectivity index (χ3n) is 1.65. The maximum absolute atomic E-state index is 5.15. The van der Waals surface area contributed by atoms with Crippen LogP contribution in [-0.4, -0.2) is 7.11 Å². The highest BCUT2D eigenvalue weighted by Crippen LogP contribution is 2.34. The summed E-state index contributed by atoms with van der Waals surface area (Å²) in [5.74, 6) is 0. The van der Waals surface area contributed by atoms with Crippen molar-refractivity contribution < 1.29 is 4.74 Å². The number of methoxy groups -OCH3 is 1. The van der Waals surface area contributed by atoms with Crippen LogP contribution in [0.1, 0.15) is 11.7 Å². The van der Waals surface area contributed by atoms with Gasteiger partial charge in [0, 0.05) is 26.1 Å². The molecule has 1 nitrogen and oxygen atoms in total. The first-order valence-corrected chi connectivity index (χ1v) is 5.94. The second-order valence-corrected chi connectivity index (χ2v) is 5.13. The predicted octanol–water partition coefficient (Wildman–Crippen LogP) is 4.50. The van der Waals surface area contributed by atoms with Gasteiger partial charge in [0.1, 0.15) is 0 Å². The van der Waals surface area contributed by atoms with Gasteiger partial charge in [-0.3, -0.25) is 0 Å². The van der Waals surface area contributed by atoms with Gasteiger partial charge in [-0.1, -0.05) is 47.8 Å². The lowest BCUT2D eigenvalue weighted by Crippen LogP contribution is -1.98. The Morgan fingerprint density at radius 1 is 1.23 bits per heavy atom. The smallest absolute Gasteiger partial charge is 0.0844 e. The molecule has 0 N–H and O–H groups in total. The zero-order valence-corrected chi connectivity index (χ0v) is 11.7. The minimum absolute atomic E-state index is 0.170. The van der Waals surface area contributed by atoms with Gasteiger partial charge >= 0.3 is 0 Å². The molecule has 0 saturated heterocycles. The van der Waals surface area contributed by atoms with Gasteiger partial charge in [0.2, 0.25) is 0 Å². The minimum atomic E-state index is -0.170. The highest BCUT2D eigenvalue weighted by atomic mass is 79.9. The molecule has 0 aromatic heterocycles. The minimum Gasteiger partial charge on any atom is -0.377 e. The topological polar surface area (TPSA) is 9.23 Å². The summed E-state index contributed by atoms with van der Waals surface area (Å²) in [4.78, 5) is 0. The highest BCUT2D eigenvalue weighted by molar-refractivity contribution is 9.11. The molecule has 71 valence electrons. The lowest BCUT2D eigenvalue weighted by Gasteiger charge is -2.14. The van der Waals surface area contributed by atoms with E-state index in [1.165, 1.54) is 0 Å². The second kappa shape index (κ2) is 4.91. The first-order chi connectivity index (χ1) is 6.06. The summed E-state index contributed by atoms with van der Waals surface area (Å²) in [5, 5.41) is 0. The Bertz CT molecular complexity index is 289. The van der Waals surface area contributed by atoms with Crippen molar-refractivity contribution in [2.24, 2.45) is 0 Å². The van der Waals surface area contributed by atoms with Crippen molar-refractivity contribution in [2.45, 2.75) is 6.10 Å². The van der Waals surface area contributed by atoms with Crippen molar-refractivity contribution in [3.8, 4) is 0 Å². The van der Waals surface area contributed by atoms with E-state index in [0.29, 0.717) is 0 Å². The molecular weight excluding hydrogens is 364 g/mol. The van der Waals surface area contributed by atoms with Crippen LogP contribution >= 0.6 is 47.8 Å². The van der Waals surface area contributed by atoms with Crippen LogP contribution in [0, 0.1) is 6.92 Å². The maximum Gasteiger partial charge on any atom is 0.0844 e. The lowest BCUT2D eigenvalue weighted by molar-refractivity contribution is 0.139. The number of ether oxygens (including phenoxy) is 1. The lowest BCUT2D eigenvalue weighted by atomic mass is 10.1. The van der Waals surface area contributed by atoms with Gasteiger partial charge in [-0.05, 0) is 19.1 Å². The summed E-state index contributed by atoms with van der Waals surface area (Å²) < 4.78 is 8.13. The van der Waals surface area contributed by atoms with Gasteiger partial charge in [-0.25, -0.2) is 0 Å². The Kier molecular flexibility index (Phi) is 4.42. The second-order valence-electron chi connectivity index (χ2n) is 2.51. The van der Waals surface area contributed by atoms with Crippen LogP contribution in [0.3, 0.4) is 0 Å². The number of benzene rings is 1. The summed E-state index contributed by atoms with van der Waals surface area (Å²) in [7, 11) is 1.64. The Balaban J connectivity index is 3.20. The molecule has 0 spiro atoms. The molecule has 0 bridgehead atoms. The van der Waals surface area contributed by atoms with E-state index < -0.39 is 0 Å². The van der Waals surface area contributed by atoms with Crippen molar-refractivity contribution in [1.82, 2.24) is 0 Å². The first-order valence-electron chi connectivity index (χ1n) is 3.56. The van der Waals surface area contributed by atoms with Gasteiger partial charge in [0.25, 0.3) is 0 Å². The molecule has 1 radical (unpaired) electrons. The summed E-state index contributed by atoms with van der Waals surface area (Å²) in [6.07, 6.45) is -0.170. The molecule has 4 heteroatoms. The molecule has 13 heavy (non-hydrogen) atoms. The standard InChI is InChI=1S/C9H8Br3O/c1-5(13-2)9-7(11)3-6(10)4-8(9)12/h3-5H,1H2,2H3. The molecule has 0 amide bonds. The highest BCUT2D eigenvalue weighted by Gasteiger charge is 2.13. The molecule has 1 aromatic carbocycles. The number of rotatable bonds is 2. The van der Waals surface area contributed by atoms with Crippen LogP contribution < -0.4 is 0 Å². The van der Waals surface area contributed by atoms with Crippen LogP contribution in [0.25, 0.3) is 0 Å². The van der Waals surface area contributed by atoms with Crippen molar-refractivity contribution in [2.75, 3.05) is 7.11 Å². The molecule has 1 aromatic rings. The molecule has 0 aliphatic heterocycles. The van der Waals surface area contributed by atoms with Crippen LogP contribution in [-0.2, 0) is 4.74 Å². The molecule has 1 atom stereocenters. The van der Waals surface area contributed by atoms with Crippen molar-refractivity contribution >= 4 is 47.8 Å². The van der Waals surface area contributed by atoms with Crippen molar-refractivity contribution in [3.05, 3.63) is 38.0 Å². The molecule has 0 saturated carbocycles. The number of hydrogen-bond acceptors (Lipinski definition) is 1. The Morgan fingerprint density at radius 3 is 2.08 bits per heavy atom. The third-order valence-corrected chi connectivity index (χ3v) is 3.42. The number of hydrogen-bond donors (Lipinski definition) is 0. The SMILES string of the molecule is [CH2]C(OC)c1c(Br)cc(Br)cc1Br. The average Bonchev–Trinajstić information content (AvgIpc) is 2.02. The molecule has 0 aliphatic carbocycles. The Labute approximate surface area is 103 Å². The van der Waals surface area contributed by atoms with E-state index in [1.807, 2.05) is 12.1 Å². The van der Waals surface area contributed by atoms with E-state index in [9.17, 15) is 0 Å². The molecule has 1 rings (SSSR count). The fourth-order valence-corrected chi connectivity index (χ4v) is 3.75. The zero-order valence-electron chi connectivity index (χ0n) is 6.98. The van der Waals surface area contributed by atoms with Crippen LogP contribution in [0.2, 0.25) is 0 Å². The zero-order chi connectivity index (χ0) is 10.0. The summed E-state index contributed by atoms with van der Waals surface area (Å²) in [6, 6.07) is 3.94. The van der Waals surface area contributed by atoms with Crippen LogP contribution in [0.5, 0.6) is 0 Å². The monoisotopic (exact) mass is 369 g/mol. The van der Waals surface area contributed by atoms with Crippen molar-refractivity contribution in [1.29, 1.82) is 0 Å². The number of halogens is 3. The third kappa shape index (κ3) is 2.78.